The third-order valence-corrected chi connectivity index (χ3v) is 4.21. The van der Waals surface area contributed by atoms with Crippen LogP contribution >= 0.6 is 0 Å². The molecule has 0 bridgehead atoms. The number of aliphatic hydroxyl groups is 1. The lowest BCUT2D eigenvalue weighted by molar-refractivity contribution is -0.151. The van der Waals surface area contributed by atoms with Crippen molar-refractivity contribution in [2.45, 2.75) is 25.7 Å². The van der Waals surface area contributed by atoms with Crippen LogP contribution in [0, 0.1) is 13.8 Å². The van der Waals surface area contributed by atoms with Crippen LogP contribution in [0.1, 0.15) is 22.3 Å². The standard InChI is InChI=1S/C18H18O4/c1-11-3-5-16-14(7-11)18(20-10-13(9-19)22-18)15-8-12(2)4-6-17(15)21-16/h3-8,13,19H,9-10H2,1-2H3/t13-/m1/s1. The minimum atomic E-state index is -0.992. The van der Waals surface area contributed by atoms with E-state index in [4.69, 9.17) is 14.2 Å². The summed E-state index contributed by atoms with van der Waals surface area (Å²) in [6, 6.07) is 11.9. The van der Waals surface area contributed by atoms with Crippen molar-refractivity contribution in [2.75, 3.05) is 13.2 Å². The molecule has 2 aromatic rings. The zero-order valence-corrected chi connectivity index (χ0v) is 12.6. The minimum Gasteiger partial charge on any atom is -0.456 e. The summed E-state index contributed by atoms with van der Waals surface area (Å²) in [4.78, 5) is 0. The van der Waals surface area contributed by atoms with Gasteiger partial charge in [-0.2, -0.15) is 0 Å². The van der Waals surface area contributed by atoms with Gasteiger partial charge < -0.3 is 19.3 Å². The Kier molecular flexibility index (Phi) is 3.01. The lowest BCUT2D eigenvalue weighted by Gasteiger charge is -2.36. The fourth-order valence-electron chi connectivity index (χ4n) is 3.13. The zero-order valence-electron chi connectivity index (χ0n) is 12.6. The van der Waals surface area contributed by atoms with Crippen LogP contribution < -0.4 is 4.74 Å². The van der Waals surface area contributed by atoms with Crippen molar-refractivity contribution in [3.05, 3.63) is 58.7 Å². The van der Waals surface area contributed by atoms with Crippen molar-refractivity contribution in [3.8, 4) is 11.5 Å². The molecule has 1 spiro atoms. The zero-order chi connectivity index (χ0) is 15.3. The molecule has 0 radical (unpaired) electrons. The molecule has 4 rings (SSSR count). The summed E-state index contributed by atoms with van der Waals surface area (Å²) in [7, 11) is 0. The van der Waals surface area contributed by atoms with Crippen LogP contribution in [0.15, 0.2) is 36.4 Å². The van der Waals surface area contributed by atoms with Crippen molar-refractivity contribution in [1.29, 1.82) is 0 Å². The number of hydrogen-bond acceptors (Lipinski definition) is 4. The van der Waals surface area contributed by atoms with Gasteiger partial charge in [0.15, 0.2) is 0 Å². The van der Waals surface area contributed by atoms with Gasteiger partial charge in [0.25, 0.3) is 0 Å². The van der Waals surface area contributed by atoms with Gasteiger partial charge in [-0.25, -0.2) is 0 Å². The number of aryl methyl sites for hydroxylation is 2. The Bertz CT molecular complexity index is 686. The van der Waals surface area contributed by atoms with Crippen molar-refractivity contribution in [3.63, 3.8) is 0 Å². The molecule has 114 valence electrons. The van der Waals surface area contributed by atoms with Gasteiger partial charge in [-0.1, -0.05) is 23.3 Å². The molecule has 4 heteroatoms. The molecule has 0 aliphatic carbocycles. The molecular formula is C18H18O4. The van der Waals surface area contributed by atoms with Gasteiger partial charge in [-0.15, -0.1) is 0 Å². The summed E-state index contributed by atoms with van der Waals surface area (Å²) in [6.07, 6.45) is -0.333. The maximum atomic E-state index is 9.45. The molecule has 0 unspecified atom stereocenters. The molecule has 2 aliphatic rings. The lowest BCUT2D eigenvalue weighted by Crippen LogP contribution is -2.33. The van der Waals surface area contributed by atoms with Gasteiger partial charge >= 0.3 is 0 Å². The Labute approximate surface area is 129 Å². The predicted octanol–water partition coefficient (Wildman–Crippen LogP) is 3.02. The van der Waals surface area contributed by atoms with Gasteiger partial charge in [-0.3, -0.25) is 0 Å². The quantitative estimate of drug-likeness (QED) is 0.879. The van der Waals surface area contributed by atoms with Crippen molar-refractivity contribution < 1.29 is 19.3 Å². The molecule has 2 aliphatic heterocycles. The van der Waals surface area contributed by atoms with Crippen LogP contribution in [-0.4, -0.2) is 24.4 Å². The highest BCUT2D eigenvalue weighted by Gasteiger charge is 2.50. The smallest absolute Gasteiger partial charge is 0.230 e. The summed E-state index contributed by atoms with van der Waals surface area (Å²) >= 11 is 0. The van der Waals surface area contributed by atoms with Crippen LogP contribution in [0.25, 0.3) is 0 Å². The third kappa shape index (κ3) is 1.88. The van der Waals surface area contributed by atoms with E-state index in [-0.39, 0.29) is 12.7 Å². The van der Waals surface area contributed by atoms with E-state index in [1.807, 2.05) is 50.2 Å². The number of fused-ring (bicyclic) bond motifs is 4. The van der Waals surface area contributed by atoms with Crippen LogP contribution in [0.3, 0.4) is 0 Å². The van der Waals surface area contributed by atoms with Crippen molar-refractivity contribution in [2.24, 2.45) is 0 Å². The molecule has 2 aromatic carbocycles. The topological polar surface area (TPSA) is 47.9 Å². The molecule has 0 aromatic heterocycles. The van der Waals surface area contributed by atoms with Crippen molar-refractivity contribution in [1.82, 2.24) is 0 Å². The monoisotopic (exact) mass is 298 g/mol. The maximum absolute atomic E-state index is 9.45. The second kappa shape index (κ2) is 4.81. The van der Waals surface area contributed by atoms with Gasteiger partial charge in [0, 0.05) is 0 Å². The highest BCUT2D eigenvalue weighted by Crippen LogP contribution is 2.52. The average molecular weight is 298 g/mol. The molecular weight excluding hydrogens is 280 g/mol. The number of aliphatic hydroxyl groups excluding tert-OH is 1. The predicted molar refractivity (Wildman–Crippen MR) is 81.1 cm³/mol. The van der Waals surface area contributed by atoms with E-state index in [9.17, 15) is 5.11 Å². The van der Waals surface area contributed by atoms with Crippen LogP contribution in [0.4, 0.5) is 0 Å². The Morgan fingerprint density at radius 3 is 2.14 bits per heavy atom. The molecule has 0 saturated carbocycles. The minimum absolute atomic E-state index is 0.0646. The first-order valence-corrected chi connectivity index (χ1v) is 7.45. The summed E-state index contributed by atoms with van der Waals surface area (Å²) in [5.74, 6) is 0.482. The summed E-state index contributed by atoms with van der Waals surface area (Å²) < 4.78 is 18.3. The molecule has 2 heterocycles. The first kappa shape index (κ1) is 13.8. The lowest BCUT2D eigenvalue weighted by atomic mass is 9.91. The van der Waals surface area contributed by atoms with E-state index < -0.39 is 5.79 Å². The Morgan fingerprint density at radius 1 is 1.05 bits per heavy atom. The van der Waals surface area contributed by atoms with Gasteiger partial charge in [-0.05, 0) is 38.1 Å². The Hall–Kier alpha value is -1.88. The number of benzene rings is 2. The van der Waals surface area contributed by atoms with E-state index in [2.05, 4.69) is 0 Å². The van der Waals surface area contributed by atoms with E-state index in [0.29, 0.717) is 6.61 Å². The van der Waals surface area contributed by atoms with E-state index in [1.54, 1.807) is 0 Å². The van der Waals surface area contributed by atoms with E-state index >= 15 is 0 Å². The SMILES string of the molecule is Cc1ccc2c(c1)C1(OC[C@@H](CO)O1)c1cc(C)ccc1O2. The fourth-order valence-corrected chi connectivity index (χ4v) is 3.13. The fraction of sp³-hybridized carbons (Fsp3) is 0.333. The highest BCUT2D eigenvalue weighted by molar-refractivity contribution is 5.56. The molecule has 1 fully saturated rings. The molecule has 4 nitrogen and oxygen atoms in total. The highest BCUT2D eigenvalue weighted by atomic mass is 16.8. The average Bonchev–Trinajstić information content (AvgIpc) is 2.95. The third-order valence-electron chi connectivity index (χ3n) is 4.21. The van der Waals surface area contributed by atoms with E-state index in [0.717, 1.165) is 33.8 Å². The number of rotatable bonds is 1. The second-order valence-electron chi connectivity index (χ2n) is 5.95. The van der Waals surface area contributed by atoms with Crippen molar-refractivity contribution >= 4 is 0 Å². The molecule has 1 atom stereocenters. The van der Waals surface area contributed by atoms with Crippen LogP contribution in [-0.2, 0) is 15.3 Å². The number of ether oxygens (including phenoxy) is 3. The summed E-state index contributed by atoms with van der Waals surface area (Å²) in [5.41, 5.74) is 3.94. The van der Waals surface area contributed by atoms with Crippen LogP contribution in [0.5, 0.6) is 11.5 Å². The van der Waals surface area contributed by atoms with Gasteiger partial charge in [0.05, 0.1) is 24.3 Å². The normalized spacial score (nSPS) is 21.3. The molecule has 1 N–H and O–H groups in total. The second-order valence-corrected chi connectivity index (χ2v) is 5.95. The largest absolute Gasteiger partial charge is 0.456 e. The molecule has 1 saturated heterocycles. The van der Waals surface area contributed by atoms with E-state index in [1.165, 1.54) is 0 Å². The molecule has 22 heavy (non-hydrogen) atoms. The summed E-state index contributed by atoms with van der Waals surface area (Å²) in [6.45, 7) is 4.35. The Balaban J connectivity index is 1.96. The molecule has 0 amide bonds. The summed E-state index contributed by atoms with van der Waals surface area (Å²) in [5, 5.41) is 9.45. The maximum Gasteiger partial charge on any atom is 0.230 e. The first-order chi connectivity index (χ1) is 10.6. The van der Waals surface area contributed by atoms with Gasteiger partial charge in [0.2, 0.25) is 5.79 Å². The van der Waals surface area contributed by atoms with Crippen LogP contribution in [0.2, 0.25) is 0 Å². The van der Waals surface area contributed by atoms with Gasteiger partial charge in [0.1, 0.15) is 17.6 Å². The number of hydrogen-bond donors (Lipinski definition) is 1. The first-order valence-electron chi connectivity index (χ1n) is 7.45. The Morgan fingerprint density at radius 2 is 1.64 bits per heavy atom.